The number of rotatable bonds is 2. The molecule has 0 aromatic rings. The largest absolute Gasteiger partial charge is 3.00 e. The second kappa shape index (κ2) is 6.16. The van der Waals surface area contributed by atoms with Gasteiger partial charge in [-0.1, -0.05) is 0 Å². The molecule has 9 heavy (non-hydrogen) atoms. The van der Waals surface area contributed by atoms with E-state index in [0.717, 1.165) is 0 Å². The van der Waals surface area contributed by atoms with Gasteiger partial charge >= 0.3 is 40.8 Å². The second-order valence-electron chi connectivity index (χ2n) is 0.971. The van der Waals surface area contributed by atoms with Crippen LogP contribution in [0, 0.1) is 40.8 Å². The molecule has 0 unspecified atom stereocenters. The molecule has 0 aromatic heterocycles. The maximum atomic E-state index is 9.41. The summed E-state index contributed by atoms with van der Waals surface area (Å²) in [5.41, 5.74) is 0. The fraction of sp³-hybridized carbons (Fsp3) is 0. The van der Waals surface area contributed by atoms with E-state index in [1.54, 1.807) is 0 Å². The van der Waals surface area contributed by atoms with Crippen molar-refractivity contribution in [2.45, 2.75) is 0 Å². The summed E-state index contributed by atoms with van der Waals surface area (Å²) in [6.45, 7) is 0. The molecule has 0 fully saturated rings. The Balaban J connectivity index is 0. The summed E-state index contributed by atoms with van der Waals surface area (Å²) in [7, 11) is 0. The number of aliphatic carboxylic acids is 2. The maximum Gasteiger partial charge on any atom is 3.00 e. The second-order valence-corrected chi connectivity index (χ2v) is 0.971. The zero-order valence-corrected chi connectivity index (χ0v) is 7.50. The molecule has 0 saturated carbocycles. The van der Waals surface area contributed by atoms with Gasteiger partial charge in [0.05, 0.1) is 11.9 Å². The number of carbonyl (C=O) groups is 2. The fourth-order valence-electron chi connectivity index (χ4n) is 0.136. The average Bonchev–Trinajstić information content (AvgIpc) is 1.61. The minimum absolute atomic E-state index is 0. The third-order valence-corrected chi connectivity index (χ3v) is 0.355. The van der Waals surface area contributed by atoms with Gasteiger partial charge < -0.3 is 19.8 Å². The molecule has 0 rings (SSSR count). The molecule has 0 bridgehead atoms. The van der Waals surface area contributed by atoms with Gasteiger partial charge in [-0.3, -0.25) is 0 Å². The number of hydrogen-bond acceptors (Lipinski definition) is 4. The quantitative estimate of drug-likeness (QED) is 0.496. The first-order valence-electron chi connectivity index (χ1n) is 1.73. The normalized spacial score (nSPS) is 8.44. The van der Waals surface area contributed by atoms with Gasteiger partial charge in [-0.25, -0.2) is 0 Å². The Morgan fingerprint density at radius 3 is 1.33 bits per heavy atom. The van der Waals surface area contributed by atoms with Crippen molar-refractivity contribution >= 4 is 11.9 Å². The van der Waals surface area contributed by atoms with Gasteiger partial charge in [-0.05, 0) is 12.2 Å². The van der Waals surface area contributed by atoms with Crippen molar-refractivity contribution < 1.29 is 60.6 Å². The van der Waals surface area contributed by atoms with Crippen molar-refractivity contribution in [2.75, 3.05) is 0 Å². The van der Waals surface area contributed by atoms with E-state index in [4.69, 9.17) is 0 Å². The van der Waals surface area contributed by atoms with Crippen molar-refractivity contribution in [3.05, 3.63) is 12.2 Å². The summed E-state index contributed by atoms with van der Waals surface area (Å²) < 4.78 is 0. The molecule has 45 valence electrons. The molecule has 0 spiro atoms. The van der Waals surface area contributed by atoms with Crippen molar-refractivity contribution in [2.24, 2.45) is 0 Å². The molecule has 0 aliphatic carbocycles. The first-order valence-corrected chi connectivity index (χ1v) is 1.73. The Hall–Kier alpha value is 0.0306. The van der Waals surface area contributed by atoms with Crippen LogP contribution in [0.25, 0.3) is 0 Å². The van der Waals surface area contributed by atoms with Gasteiger partial charge in [0.2, 0.25) is 0 Å². The standard InChI is InChI=1S/C4H4O4.Nd/c5-3(6)1-2-4(7)8;/h1-2H,(H,5,6)(H,7,8);/q;+3/p-2/b2-1-;. The monoisotopic (exact) mass is 256 g/mol. The van der Waals surface area contributed by atoms with Crippen molar-refractivity contribution in [1.29, 1.82) is 0 Å². The zero-order valence-electron chi connectivity index (χ0n) is 4.29. The number of carbonyl (C=O) groups excluding carboxylic acids is 2. The van der Waals surface area contributed by atoms with Crippen LogP contribution in [0.2, 0.25) is 0 Å². The molecule has 0 N–H and O–H groups in total. The third-order valence-electron chi connectivity index (χ3n) is 0.355. The summed E-state index contributed by atoms with van der Waals surface area (Å²) in [4.78, 5) is 18.8. The van der Waals surface area contributed by atoms with Gasteiger partial charge in [0.15, 0.2) is 0 Å². The molecular formula is C4H2NdO4+. The topological polar surface area (TPSA) is 80.3 Å². The Bertz CT molecular complexity index is 124. The van der Waals surface area contributed by atoms with Crippen LogP contribution >= 0.6 is 0 Å². The minimum atomic E-state index is -1.55. The van der Waals surface area contributed by atoms with E-state index in [0.29, 0.717) is 12.2 Å². The minimum Gasteiger partial charge on any atom is -0.545 e. The number of carboxylic acids is 2. The molecule has 0 aliphatic heterocycles. The maximum absolute atomic E-state index is 9.41. The van der Waals surface area contributed by atoms with Gasteiger partial charge in [-0.15, -0.1) is 0 Å². The summed E-state index contributed by atoms with van der Waals surface area (Å²) in [5, 5.41) is 18.8. The van der Waals surface area contributed by atoms with Crippen LogP contribution in [0.5, 0.6) is 0 Å². The predicted octanol–water partition coefficient (Wildman–Crippen LogP) is -2.96. The molecule has 0 saturated heterocycles. The van der Waals surface area contributed by atoms with Crippen molar-refractivity contribution in [1.82, 2.24) is 0 Å². The Kier molecular flexibility index (Phi) is 8.06. The summed E-state index contributed by atoms with van der Waals surface area (Å²) in [6, 6.07) is 0. The van der Waals surface area contributed by atoms with Crippen LogP contribution in [0.1, 0.15) is 0 Å². The molecule has 0 atom stereocenters. The predicted molar refractivity (Wildman–Crippen MR) is 19.2 cm³/mol. The van der Waals surface area contributed by atoms with Gasteiger partial charge in [-0.2, -0.15) is 0 Å². The number of carboxylic acid groups (broad SMARTS) is 2. The zero-order chi connectivity index (χ0) is 6.57. The molecule has 4 nitrogen and oxygen atoms in total. The molecule has 5 heteroatoms. The van der Waals surface area contributed by atoms with E-state index in [9.17, 15) is 19.8 Å². The molecule has 0 aromatic carbocycles. The first kappa shape index (κ1) is 11.8. The summed E-state index contributed by atoms with van der Waals surface area (Å²) in [5.74, 6) is -3.09. The van der Waals surface area contributed by atoms with E-state index in [2.05, 4.69) is 0 Å². The number of hydrogen-bond donors (Lipinski definition) is 0. The van der Waals surface area contributed by atoms with E-state index in [1.807, 2.05) is 0 Å². The molecule has 1 radical (unpaired) electrons. The van der Waals surface area contributed by atoms with E-state index < -0.39 is 11.9 Å². The Morgan fingerprint density at radius 1 is 1.00 bits per heavy atom. The Labute approximate surface area is 84.1 Å². The van der Waals surface area contributed by atoms with Gasteiger partial charge in [0, 0.05) is 0 Å². The van der Waals surface area contributed by atoms with Crippen LogP contribution in [0.3, 0.4) is 0 Å². The summed E-state index contributed by atoms with van der Waals surface area (Å²) in [6.07, 6.45) is 0.769. The van der Waals surface area contributed by atoms with Crippen LogP contribution in [0.4, 0.5) is 0 Å². The van der Waals surface area contributed by atoms with Gasteiger partial charge in [0.1, 0.15) is 0 Å². The summed E-state index contributed by atoms with van der Waals surface area (Å²) >= 11 is 0. The van der Waals surface area contributed by atoms with Crippen LogP contribution < -0.4 is 10.2 Å². The molecule has 0 amide bonds. The molecular weight excluding hydrogens is 256 g/mol. The van der Waals surface area contributed by atoms with E-state index in [1.165, 1.54) is 0 Å². The smallest absolute Gasteiger partial charge is 0.545 e. The van der Waals surface area contributed by atoms with Crippen molar-refractivity contribution in [3.63, 3.8) is 0 Å². The average molecular weight is 258 g/mol. The van der Waals surface area contributed by atoms with Crippen molar-refractivity contribution in [3.8, 4) is 0 Å². The molecule has 0 heterocycles. The molecule has 0 aliphatic rings. The van der Waals surface area contributed by atoms with E-state index >= 15 is 0 Å². The Morgan fingerprint density at radius 2 is 1.22 bits per heavy atom. The van der Waals surface area contributed by atoms with Crippen LogP contribution in [-0.4, -0.2) is 11.9 Å². The van der Waals surface area contributed by atoms with Crippen LogP contribution in [0.15, 0.2) is 12.2 Å². The fourth-order valence-corrected chi connectivity index (χ4v) is 0.136. The van der Waals surface area contributed by atoms with Crippen LogP contribution in [-0.2, 0) is 9.59 Å². The van der Waals surface area contributed by atoms with E-state index in [-0.39, 0.29) is 40.8 Å². The first-order chi connectivity index (χ1) is 3.63. The SMILES string of the molecule is O=C([O-])/C=C\C(=O)[O-].[Nd+3]. The van der Waals surface area contributed by atoms with Gasteiger partial charge in [0.25, 0.3) is 0 Å². The third kappa shape index (κ3) is 11.5.